The number of nitrogens with one attached hydrogen (secondary N) is 2. The minimum atomic E-state index is -5.01. The maximum absolute atomic E-state index is 14.7. The number of benzene rings is 2. The van der Waals surface area contributed by atoms with Crippen LogP contribution in [0.1, 0.15) is 16.9 Å². The van der Waals surface area contributed by atoms with Crippen molar-refractivity contribution in [2.45, 2.75) is 37.6 Å². The summed E-state index contributed by atoms with van der Waals surface area (Å²) in [7, 11) is 0.796. The standard InChI is InChI=1S/C31H34F7N4O2PS/c1-41-13-15-45(43,16-14-41)20-8-9-25(27(17-20)44-31(36,37)38)39-11-4-7-28-22(18-30(33,34)35)21-5-3-6-26(29(21)46-28)40-24-10-12-42(2)19-23(24)32/h3,5-6,8-9,17,23-24,39-40H,10-16,18-19H2,1-2H3/t23-,24+/m1/s1. The topological polar surface area (TPSA) is 56.8 Å². The Morgan fingerprint density at radius 3 is 2.43 bits per heavy atom. The van der Waals surface area contributed by atoms with E-state index in [0.717, 1.165) is 17.4 Å². The molecule has 250 valence electrons. The lowest BCUT2D eigenvalue weighted by Crippen LogP contribution is -2.46. The summed E-state index contributed by atoms with van der Waals surface area (Å²) in [6.07, 6.45) is -10.7. The molecule has 46 heavy (non-hydrogen) atoms. The first kappa shape index (κ1) is 34.4. The van der Waals surface area contributed by atoms with E-state index >= 15 is 0 Å². The van der Waals surface area contributed by atoms with Gasteiger partial charge in [-0.1, -0.05) is 24.0 Å². The highest BCUT2D eigenvalue weighted by molar-refractivity contribution is 7.71. The normalized spacial score (nSPS) is 21.1. The predicted molar refractivity (Wildman–Crippen MR) is 169 cm³/mol. The number of hydrogen-bond acceptors (Lipinski definition) is 7. The molecule has 5 rings (SSSR count). The van der Waals surface area contributed by atoms with Gasteiger partial charge in [0.2, 0.25) is 0 Å². The molecular formula is C31H34F7N4O2PS. The SMILES string of the molecule is CN1CCP(=O)(c2ccc(NCC#Cc3sc4c(N[C@H]5CCN(C)C[C@H]5F)cccc4c3CC(F)(F)F)c(OC(F)(F)F)c2)CC1. The van der Waals surface area contributed by atoms with E-state index in [0.29, 0.717) is 59.5 Å². The van der Waals surface area contributed by atoms with Crippen molar-refractivity contribution in [3.8, 4) is 17.6 Å². The second kappa shape index (κ2) is 13.6. The van der Waals surface area contributed by atoms with Gasteiger partial charge in [0, 0.05) is 43.8 Å². The average molecular weight is 691 g/mol. The molecule has 2 aromatic carbocycles. The molecule has 2 aliphatic heterocycles. The maximum atomic E-state index is 14.7. The number of rotatable bonds is 7. The number of hydrogen-bond donors (Lipinski definition) is 2. The number of fused-ring (bicyclic) bond motifs is 1. The molecule has 0 radical (unpaired) electrons. The van der Waals surface area contributed by atoms with Crippen LogP contribution in [0.4, 0.5) is 42.1 Å². The number of likely N-dealkylation sites (tertiary alicyclic amines) is 1. The molecule has 0 bridgehead atoms. The van der Waals surface area contributed by atoms with Crippen LogP contribution in [0.25, 0.3) is 10.1 Å². The van der Waals surface area contributed by atoms with Gasteiger partial charge in [0.25, 0.3) is 0 Å². The first-order valence-corrected chi connectivity index (χ1v) is 17.6. The molecule has 15 heteroatoms. The summed E-state index contributed by atoms with van der Waals surface area (Å²) in [5.41, 5.74) is 0.456. The molecule has 6 nitrogen and oxygen atoms in total. The molecular weight excluding hydrogens is 656 g/mol. The van der Waals surface area contributed by atoms with Crippen molar-refractivity contribution in [1.82, 2.24) is 9.80 Å². The molecule has 2 saturated heterocycles. The lowest BCUT2D eigenvalue weighted by atomic mass is 10.0. The number of alkyl halides is 7. The highest BCUT2D eigenvalue weighted by Crippen LogP contribution is 2.47. The van der Waals surface area contributed by atoms with Crippen LogP contribution in [-0.4, -0.2) is 93.7 Å². The summed E-state index contributed by atoms with van der Waals surface area (Å²) in [4.78, 5) is 4.04. The van der Waals surface area contributed by atoms with Gasteiger partial charge in [-0.25, -0.2) is 4.39 Å². The monoisotopic (exact) mass is 690 g/mol. The second-order valence-corrected chi connectivity index (χ2v) is 15.9. The summed E-state index contributed by atoms with van der Waals surface area (Å²) in [5, 5.41) is 6.59. The van der Waals surface area contributed by atoms with Crippen LogP contribution in [0, 0.1) is 11.8 Å². The summed E-state index contributed by atoms with van der Waals surface area (Å²) in [6, 6.07) is 8.40. The largest absolute Gasteiger partial charge is 0.573 e. The smallest absolute Gasteiger partial charge is 0.404 e. The second-order valence-electron chi connectivity index (χ2n) is 11.7. The van der Waals surface area contributed by atoms with Gasteiger partial charge in [0.05, 0.1) is 40.0 Å². The van der Waals surface area contributed by atoms with E-state index in [9.17, 15) is 35.3 Å². The van der Waals surface area contributed by atoms with E-state index in [1.54, 1.807) is 18.2 Å². The Kier molecular flexibility index (Phi) is 10.2. The molecule has 2 atom stereocenters. The van der Waals surface area contributed by atoms with Crippen molar-refractivity contribution in [1.29, 1.82) is 0 Å². The van der Waals surface area contributed by atoms with Crippen LogP contribution in [0.5, 0.6) is 5.75 Å². The van der Waals surface area contributed by atoms with Gasteiger partial charge in [-0.15, -0.1) is 24.5 Å². The van der Waals surface area contributed by atoms with E-state index in [1.165, 1.54) is 12.1 Å². The van der Waals surface area contributed by atoms with Crippen LogP contribution in [0.2, 0.25) is 0 Å². The van der Waals surface area contributed by atoms with Gasteiger partial charge < -0.3 is 29.7 Å². The van der Waals surface area contributed by atoms with E-state index in [1.807, 2.05) is 23.9 Å². The lowest BCUT2D eigenvalue weighted by molar-refractivity contribution is -0.274. The molecule has 0 unspecified atom stereocenters. The Bertz CT molecular complexity index is 1650. The van der Waals surface area contributed by atoms with Crippen LogP contribution >= 0.6 is 18.5 Å². The molecule has 0 amide bonds. The summed E-state index contributed by atoms with van der Waals surface area (Å²) < 4.78 is 114. The van der Waals surface area contributed by atoms with Crippen molar-refractivity contribution in [2.24, 2.45) is 0 Å². The van der Waals surface area contributed by atoms with Gasteiger partial charge in [-0.3, -0.25) is 0 Å². The minimum absolute atomic E-state index is 0.0166. The van der Waals surface area contributed by atoms with Gasteiger partial charge in [-0.2, -0.15) is 13.2 Å². The van der Waals surface area contributed by atoms with Gasteiger partial charge in [0.1, 0.15) is 13.3 Å². The summed E-state index contributed by atoms with van der Waals surface area (Å²) in [5.74, 6) is 4.94. The quantitative estimate of drug-likeness (QED) is 0.163. The van der Waals surface area contributed by atoms with Gasteiger partial charge >= 0.3 is 12.5 Å². The Hall–Kier alpha value is -2.98. The van der Waals surface area contributed by atoms with E-state index in [4.69, 9.17) is 0 Å². The van der Waals surface area contributed by atoms with Crippen molar-refractivity contribution < 1.29 is 40.0 Å². The van der Waals surface area contributed by atoms with Gasteiger partial charge in [0.15, 0.2) is 5.75 Å². The number of nitrogens with zero attached hydrogens (tertiary/aromatic N) is 2. The molecule has 0 aliphatic carbocycles. The minimum Gasteiger partial charge on any atom is -0.404 e. The average Bonchev–Trinajstić information content (AvgIpc) is 3.30. The zero-order valence-electron chi connectivity index (χ0n) is 25.2. The molecule has 2 aliphatic rings. The Labute approximate surface area is 266 Å². The zero-order chi connectivity index (χ0) is 33.3. The molecule has 3 aromatic rings. The highest BCUT2D eigenvalue weighted by Gasteiger charge is 2.35. The van der Waals surface area contributed by atoms with E-state index in [-0.39, 0.29) is 29.2 Å². The molecule has 1 aromatic heterocycles. The third-order valence-corrected chi connectivity index (χ3v) is 12.5. The van der Waals surface area contributed by atoms with Gasteiger partial charge in [-0.05, 0) is 55.7 Å². The molecule has 2 N–H and O–H groups in total. The summed E-state index contributed by atoms with van der Waals surface area (Å²) in [6.45, 7) is 1.83. The fraction of sp³-hybridized carbons (Fsp3) is 0.484. The van der Waals surface area contributed by atoms with Crippen molar-refractivity contribution in [3.05, 3.63) is 46.8 Å². The fourth-order valence-electron chi connectivity index (χ4n) is 5.71. The molecule has 0 spiro atoms. The molecule has 3 heterocycles. The third kappa shape index (κ3) is 8.48. The summed E-state index contributed by atoms with van der Waals surface area (Å²) >= 11 is 1.05. The lowest BCUT2D eigenvalue weighted by Gasteiger charge is -2.33. The number of halogens is 7. The van der Waals surface area contributed by atoms with E-state index < -0.39 is 44.1 Å². The Balaban J connectivity index is 1.40. The first-order valence-electron chi connectivity index (χ1n) is 14.7. The fourth-order valence-corrected chi connectivity index (χ4v) is 9.65. The molecule has 2 fully saturated rings. The Morgan fingerprint density at radius 2 is 1.76 bits per heavy atom. The maximum Gasteiger partial charge on any atom is 0.573 e. The van der Waals surface area contributed by atoms with Crippen LogP contribution < -0.4 is 20.7 Å². The first-order chi connectivity index (χ1) is 21.6. The highest BCUT2D eigenvalue weighted by atomic mass is 32.1. The Morgan fingerprint density at radius 1 is 1.02 bits per heavy atom. The number of thiophene rings is 1. The number of anilines is 2. The van der Waals surface area contributed by atoms with E-state index in [2.05, 4.69) is 27.2 Å². The molecule has 0 saturated carbocycles. The van der Waals surface area contributed by atoms with Crippen molar-refractivity contribution in [3.63, 3.8) is 0 Å². The number of piperidine rings is 1. The van der Waals surface area contributed by atoms with Crippen LogP contribution in [0.3, 0.4) is 0 Å². The van der Waals surface area contributed by atoms with Crippen LogP contribution in [0.15, 0.2) is 36.4 Å². The number of ether oxygens (including phenoxy) is 1. The van der Waals surface area contributed by atoms with Crippen molar-refractivity contribution in [2.75, 3.05) is 69.8 Å². The zero-order valence-corrected chi connectivity index (χ0v) is 26.9. The van der Waals surface area contributed by atoms with Crippen molar-refractivity contribution >= 4 is 45.2 Å². The predicted octanol–water partition coefficient (Wildman–Crippen LogP) is 6.76. The third-order valence-electron chi connectivity index (χ3n) is 8.20. The van der Waals surface area contributed by atoms with Crippen LogP contribution in [-0.2, 0) is 11.0 Å².